The fourth-order valence-corrected chi connectivity index (χ4v) is 16.6. The number of nitrogens with zero attached hydrogens (tertiary/aromatic N) is 6. The van der Waals surface area contributed by atoms with Crippen molar-refractivity contribution in [1.29, 1.82) is 0 Å². The monoisotopic (exact) mass is 1460 g/mol. The molecular formula is C97H74BClN6O2S2. The second-order valence-electron chi connectivity index (χ2n) is 27.6. The fraction of sp³-hybridized carbons (Fsp3) is 0.0722. The molecule has 8 nitrogen and oxygen atoms in total. The molecule has 4 aromatic heterocycles. The zero-order chi connectivity index (χ0) is 73.1. The Hall–Kier alpha value is -12.2. The molecular weight excluding hydrogens is 1390 g/mol. The maximum Gasteiger partial charge on any atom is 0.494 e. The number of halogens is 1. The van der Waals surface area contributed by atoms with Gasteiger partial charge in [0.1, 0.15) is 0 Å². The predicted molar refractivity (Wildman–Crippen MR) is 459 cm³/mol. The van der Waals surface area contributed by atoms with Crippen LogP contribution in [0.15, 0.2) is 352 Å². The lowest BCUT2D eigenvalue weighted by Crippen LogP contribution is -2.41. The van der Waals surface area contributed by atoms with Crippen LogP contribution < -0.4 is 5.46 Å². The number of fused-ring (bicyclic) bond motifs is 6. The van der Waals surface area contributed by atoms with E-state index < -0.39 is 0 Å². The Kier molecular flexibility index (Phi) is 20.2. The zero-order valence-corrected chi connectivity index (χ0v) is 62.1. The van der Waals surface area contributed by atoms with Gasteiger partial charge in [-0.2, -0.15) is 0 Å². The van der Waals surface area contributed by atoms with E-state index in [1.165, 1.54) is 84.9 Å². The fourth-order valence-electron chi connectivity index (χ4n) is 13.8. The molecule has 19 rings (SSSR count). The zero-order valence-electron chi connectivity index (χ0n) is 59.8. The van der Waals surface area contributed by atoms with E-state index in [-0.39, 0.29) is 25.7 Å². The summed E-state index contributed by atoms with van der Waals surface area (Å²) >= 11 is 9.77. The SMILES string of the molecule is C.CC1(C)OB(c2cccc(-c3cccc4c3sc3c(-c5ccccc5)cccc34)c2)OC1(C)C.Clc1ccc(-c2nc(-c3ccccc3)nc(-c3ccccc3)n2)cc1.c1ccc(-c2nc(-c3ccccc3)nc(-c3ccc(-c4cccc(-c5cccc6c5sc5c(-c7ccccc7)cccc56)c4)cc3)n2)cc1. The van der Waals surface area contributed by atoms with Gasteiger partial charge < -0.3 is 9.31 Å². The minimum atomic E-state index is -0.365. The molecule has 0 saturated carbocycles. The summed E-state index contributed by atoms with van der Waals surface area (Å²) in [6, 6.07) is 121. The van der Waals surface area contributed by atoms with Gasteiger partial charge in [0.25, 0.3) is 0 Å². The number of aromatic nitrogens is 6. The molecule has 109 heavy (non-hydrogen) atoms. The van der Waals surface area contributed by atoms with E-state index in [4.69, 9.17) is 35.9 Å². The van der Waals surface area contributed by atoms with Gasteiger partial charge in [-0.25, -0.2) is 29.9 Å². The van der Waals surface area contributed by atoms with Gasteiger partial charge in [0.2, 0.25) is 0 Å². The number of benzene rings is 14. The van der Waals surface area contributed by atoms with Gasteiger partial charge in [-0.1, -0.05) is 341 Å². The number of hydrogen-bond donors (Lipinski definition) is 0. The smallest absolute Gasteiger partial charge is 0.399 e. The second-order valence-corrected chi connectivity index (χ2v) is 30.1. The van der Waals surface area contributed by atoms with Gasteiger partial charge >= 0.3 is 7.12 Å². The normalized spacial score (nSPS) is 12.8. The Morgan fingerprint density at radius 1 is 0.248 bits per heavy atom. The molecule has 0 unspecified atom stereocenters. The summed E-state index contributed by atoms with van der Waals surface area (Å²) in [7, 11) is -0.365. The van der Waals surface area contributed by atoms with Crippen LogP contribution in [0.25, 0.3) is 164 Å². The molecule has 0 bridgehead atoms. The number of thiophene rings is 2. The van der Waals surface area contributed by atoms with Crippen LogP contribution in [-0.4, -0.2) is 48.2 Å². The van der Waals surface area contributed by atoms with Crippen molar-refractivity contribution in [1.82, 2.24) is 29.9 Å². The molecule has 1 aliphatic heterocycles. The van der Waals surface area contributed by atoms with Crippen LogP contribution in [0.5, 0.6) is 0 Å². The van der Waals surface area contributed by atoms with Gasteiger partial charge in [-0.3, -0.25) is 0 Å². The van der Waals surface area contributed by atoms with E-state index in [9.17, 15) is 0 Å². The third-order valence-electron chi connectivity index (χ3n) is 20.1. The molecule has 0 N–H and O–H groups in total. The Labute approximate surface area is 648 Å². The molecule has 14 aromatic carbocycles. The first-order valence-electron chi connectivity index (χ1n) is 36.1. The van der Waals surface area contributed by atoms with E-state index >= 15 is 0 Å². The minimum Gasteiger partial charge on any atom is -0.399 e. The van der Waals surface area contributed by atoms with Crippen LogP contribution in [0.1, 0.15) is 35.1 Å². The van der Waals surface area contributed by atoms with Crippen LogP contribution >= 0.6 is 34.3 Å². The molecule has 12 heteroatoms. The first-order valence-corrected chi connectivity index (χ1v) is 38.1. The van der Waals surface area contributed by atoms with Gasteiger partial charge in [-0.15, -0.1) is 22.7 Å². The standard InChI is InChI=1S/C45H29N3S.C30H27BO2S.C21H14ClN3.CH4/c1-4-13-31(14-5-1)37-21-11-23-39-40-24-12-22-38(42(40)49-41(37)39)36-20-10-19-35(29-36)30-25-27-34(28-26-30)45-47-43(32-15-6-2-7-16-32)46-44(48-45)33-17-8-3-9-18-33;1-29(2)30(3,4)33-31(32-29)22-14-8-13-21(19-22)24-16-10-18-26-25-17-9-15-23(27(25)34-28(24)26)20-11-6-5-7-12-20;22-18-13-11-17(12-14-18)21-24-19(15-7-3-1-4-8-15)23-20(25-21)16-9-5-2-6-10-16;/h1-29H;5-19H,1-4H3;1-14H;1H4. The molecule has 1 fully saturated rings. The van der Waals surface area contributed by atoms with Crippen molar-refractivity contribution in [2.24, 2.45) is 0 Å². The molecule has 1 saturated heterocycles. The highest BCUT2D eigenvalue weighted by atomic mass is 35.5. The lowest BCUT2D eigenvalue weighted by atomic mass is 9.78. The van der Waals surface area contributed by atoms with E-state index in [1.807, 2.05) is 168 Å². The molecule has 0 aliphatic carbocycles. The van der Waals surface area contributed by atoms with Crippen molar-refractivity contribution >= 4 is 87.2 Å². The number of hydrogen-bond acceptors (Lipinski definition) is 10. The Bertz CT molecular complexity index is 6120. The van der Waals surface area contributed by atoms with Crippen LogP contribution in [0.4, 0.5) is 0 Å². The molecule has 5 heterocycles. The maximum absolute atomic E-state index is 6.32. The van der Waals surface area contributed by atoms with Gasteiger partial charge in [0, 0.05) is 78.7 Å². The molecule has 0 amide bonds. The van der Waals surface area contributed by atoms with Crippen LogP contribution in [0.3, 0.4) is 0 Å². The van der Waals surface area contributed by atoms with Gasteiger partial charge in [0.15, 0.2) is 34.9 Å². The summed E-state index contributed by atoms with van der Waals surface area (Å²) in [4.78, 5) is 28.6. The summed E-state index contributed by atoms with van der Waals surface area (Å²) in [6.07, 6.45) is 0. The molecule has 18 aromatic rings. The van der Waals surface area contributed by atoms with Crippen molar-refractivity contribution in [3.8, 4) is 124 Å². The van der Waals surface area contributed by atoms with Gasteiger partial charge in [-0.05, 0) is 119 Å². The molecule has 526 valence electrons. The quantitative estimate of drug-likeness (QED) is 0.112. The largest absolute Gasteiger partial charge is 0.494 e. The first kappa shape index (κ1) is 71.1. The highest BCUT2D eigenvalue weighted by Crippen LogP contribution is 2.47. The summed E-state index contributed by atoms with van der Waals surface area (Å²) in [5, 5.41) is 5.90. The van der Waals surface area contributed by atoms with Crippen LogP contribution in [0.2, 0.25) is 5.02 Å². The van der Waals surface area contributed by atoms with Crippen molar-refractivity contribution in [3.63, 3.8) is 0 Å². The van der Waals surface area contributed by atoms with Crippen molar-refractivity contribution in [3.05, 3.63) is 357 Å². The average Bonchev–Trinajstić information content (AvgIpc) is 1.61. The highest BCUT2D eigenvalue weighted by Gasteiger charge is 2.51. The molecule has 0 radical (unpaired) electrons. The van der Waals surface area contributed by atoms with E-state index in [2.05, 4.69) is 249 Å². The Balaban J connectivity index is 0.000000132. The molecule has 1 aliphatic rings. The third kappa shape index (κ3) is 14.8. The van der Waals surface area contributed by atoms with Crippen molar-refractivity contribution < 1.29 is 9.31 Å². The molecule has 0 spiro atoms. The number of rotatable bonds is 12. The lowest BCUT2D eigenvalue weighted by molar-refractivity contribution is 0.00578. The van der Waals surface area contributed by atoms with Crippen LogP contribution in [-0.2, 0) is 9.31 Å². The Morgan fingerprint density at radius 3 is 0.835 bits per heavy atom. The van der Waals surface area contributed by atoms with Crippen LogP contribution in [0, 0.1) is 0 Å². The highest BCUT2D eigenvalue weighted by molar-refractivity contribution is 7.27. The van der Waals surface area contributed by atoms with Gasteiger partial charge in [0.05, 0.1) is 11.2 Å². The van der Waals surface area contributed by atoms with E-state index in [1.54, 1.807) is 0 Å². The second kappa shape index (κ2) is 31.0. The van der Waals surface area contributed by atoms with Crippen molar-refractivity contribution in [2.75, 3.05) is 0 Å². The first-order chi connectivity index (χ1) is 52.9. The van der Waals surface area contributed by atoms with E-state index in [0.29, 0.717) is 40.0 Å². The van der Waals surface area contributed by atoms with E-state index in [0.717, 1.165) is 50.0 Å². The minimum absolute atomic E-state index is 0. The predicted octanol–water partition coefficient (Wildman–Crippen LogP) is 26.1. The maximum atomic E-state index is 6.32. The summed E-state index contributed by atoms with van der Waals surface area (Å²) in [5.74, 6) is 3.91. The topological polar surface area (TPSA) is 95.8 Å². The summed E-state index contributed by atoms with van der Waals surface area (Å²) < 4.78 is 17.9. The Morgan fingerprint density at radius 2 is 0.495 bits per heavy atom. The van der Waals surface area contributed by atoms with Crippen molar-refractivity contribution in [2.45, 2.75) is 46.3 Å². The lowest BCUT2D eigenvalue weighted by Gasteiger charge is -2.32. The summed E-state index contributed by atoms with van der Waals surface area (Å²) in [5.41, 5.74) is 18.3. The molecule has 0 atom stereocenters. The summed E-state index contributed by atoms with van der Waals surface area (Å²) in [6.45, 7) is 8.39. The average molecular weight is 1470 g/mol. The third-order valence-corrected chi connectivity index (χ3v) is 22.9.